The van der Waals surface area contributed by atoms with Gasteiger partial charge in [-0.1, -0.05) is 18.2 Å². The standard InChI is InChI=1S/C18H20F3N3O4.C8H8N2/c19-11-5-14(17(26)27)24(6-11)16(25)12-3-4-13(23-8-18(20,21)9-23)15(22-12)28-7-10-1-2-10;9-8-5-6-3-1-2-4-7(6)10-8/h3-4,10-11,14H,1-2,5-9H2,(H,26,27);1-5,10H,9H2/t11-,14-;/m0./s1. The second-order valence-electron chi connectivity index (χ2n) is 9.94. The second kappa shape index (κ2) is 10.1. The Labute approximate surface area is 216 Å². The number of aromatic nitrogens is 2. The summed E-state index contributed by atoms with van der Waals surface area (Å²) in [7, 11) is 0. The summed E-state index contributed by atoms with van der Waals surface area (Å²) in [4.78, 5) is 33.6. The maximum Gasteiger partial charge on any atom is 0.326 e. The first-order valence-electron chi connectivity index (χ1n) is 12.4. The highest BCUT2D eigenvalue weighted by molar-refractivity contribution is 5.96. The van der Waals surface area contributed by atoms with Crippen LogP contribution in [0.3, 0.4) is 0 Å². The Morgan fingerprint density at radius 2 is 1.92 bits per heavy atom. The number of aliphatic carboxylic acids is 1. The van der Waals surface area contributed by atoms with E-state index in [1.165, 1.54) is 22.4 Å². The van der Waals surface area contributed by atoms with Crippen molar-refractivity contribution in [1.29, 1.82) is 0 Å². The molecule has 12 heteroatoms. The number of carboxylic acid groups (broad SMARTS) is 1. The quantitative estimate of drug-likeness (QED) is 0.443. The highest BCUT2D eigenvalue weighted by Gasteiger charge is 2.45. The van der Waals surface area contributed by atoms with Crippen molar-refractivity contribution in [3.63, 3.8) is 0 Å². The van der Waals surface area contributed by atoms with Crippen LogP contribution in [0.2, 0.25) is 0 Å². The van der Waals surface area contributed by atoms with E-state index in [1.54, 1.807) is 0 Å². The number of carbonyl (C=O) groups is 2. The van der Waals surface area contributed by atoms with Gasteiger partial charge in [0, 0.05) is 17.3 Å². The molecule has 2 atom stereocenters. The van der Waals surface area contributed by atoms with Crippen LogP contribution in [0.15, 0.2) is 42.5 Å². The number of alkyl halides is 3. The maximum absolute atomic E-state index is 13.7. The van der Waals surface area contributed by atoms with Crippen LogP contribution >= 0.6 is 0 Å². The highest BCUT2D eigenvalue weighted by atomic mass is 19.3. The van der Waals surface area contributed by atoms with E-state index in [2.05, 4.69) is 9.97 Å². The van der Waals surface area contributed by atoms with Gasteiger partial charge in [-0.25, -0.2) is 22.9 Å². The number of nitrogens with one attached hydrogen (secondary N) is 1. The molecule has 6 rings (SSSR count). The average Bonchev–Trinajstić information content (AvgIpc) is 3.48. The molecule has 4 N–H and O–H groups in total. The summed E-state index contributed by atoms with van der Waals surface area (Å²) < 4.78 is 45.8. The van der Waals surface area contributed by atoms with E-state index >= 15 is 0 Å². The third-order valence-corrected chi connectivity index (χ3v) is 6.74. The second-order valence-corrected chi connectivity index (χ2v) is 9.94. The van der Waals surface area contributed by atoms with Gasteiger partial charge in [-0.3, -0.25) is 4.79 Å². The first-order chi connectivity index (χ1) is 18.1. The van der Waals surface area contributed by atoms with Crippen LogP contribution in [-0.4, -0.2) is 76.2 Å². The number of halogens is 3. The molecule has 9 nitrogen and oxygen atoms in total. The van der Waals surface area contributed by atoms with Crippen LogP contribution in [0.4, 0.5) is 24.7 Å². The van der Waals surface area contributed by atoms with E-state index in [1.807, 2.05) is 30.3 Å². The molecule has 0 spiro atoms. The van der Waals surface area contributed by atoms with Crippen LogP contribution in [0, 0.1) is 5.92 Å². The number of benzene rings is 1. The number of para-hydroxylation sites is 1. The minimum absolute atomic E-state index is 0.0659. The number of hydrogen-bond donors (Lipinski definition) is 3. The van der Waals surface area contributed by atoms with Crippen LogP contribution in [0.5, 0.6) is 5.88 Å². The molecule has 3 aliphatic rings. The van der Waals surface area contributed by atoms with Crippen molar-refractivity contribution >= 4 is 34.3 Å². The summed E-state index contributed by atoms with van der Waals surface area (Å²) in [6.07, 6.45) is 0.342. The van der Waals surface area contributed by atoms with Gasteiger partial charge in [0.2, 0.25) is 5.88 Å². The zero-order valence-corrected chi connectivity index (χ0v) is 20.4. The molecule has 1 aliphatic carbocycles. The molecule has 1 amide bonds. The molecular formula is C26H28F3N5O4. The van der Waals surface area contributed by atoms with Crippen LogP contribution < -0.4 is 15.4 Å². The van der Waals surface area contributed by atoms with Crippen molar-refractivity contribution in [2.45, 2.75) is 37.4 Å². The van der Waals surface area contributed by atoms with Gasteiger partial charge in [-0.15, -0.1) is 0 Å². The number of pyridine rings is 1. The van der Waals surface area contributed by atoms with Gasteiger partial charge in [0.15, 0.2) is 0 Å². The average molecular weight is 532 g/mol. The Hall–Kier alpha value is -3.96. The Morgan fingerprint density at radius 3 is 2.58 bits per heavy atom. The van der Waals surface area contributed by atoms with Crippen molar-refractivity contribution < 1.29 is 32.6 Å². The number of anilines is 2. The van der Waals surface area contributed by atoms with Gasteiger partial charge in [0.25, 0.3) is 11.8 Å². The van der Waals surface area contributed by atoms with Crippen molar-refractivity contribution in [3.05, 3.63) is 48.2 Å². The van der Waals surface area contributed by atoms with Gasteiger partial charge in [-0.05, 0) is 43.0 Å². The van der Waals surface area contributed by atoms with Crippen molar-refractivity contribution in [3.8, 4) is 5.88 Å². The van der Waals surface area contributed by atoms with Gasteiger partial charge >= 0.3 is 5.97 Å². The summed E-state index contributed by atoms with van der Waals surface area (Å²) >= 11 is 0. The topological polar surface area (TPSA) is 125 Å². The first kappa shape index (κ1) is 25.7. The van der Waals surface area contributed by atoms with Gasteiger partial charge in [-0.2, -0.15) is 0 Å². The third-order valence-electron chi connectivity index (χ3n) is 6.74. The predicted molar refractivity (Wildman–Crippen MR) is 134 cm³/mol. The molecule has 2 aliphatic heterocycles. The smallest absolute Gasteiger partial charge is 0.326 e. The molecular weight excluding hydrogens is 503 g/mol. The van der Waals surface area contributed by atoms with Crippen molar-refractivity contribution in [2.75, 3.05) is 36.9 Å². The summed E-state index contributed by atoms with van der Waals surface area (Å²) in [5.74, 6) is -3.60. The van der Waals surface area contributed by atoms with Gasteiger partial charge in [0.1, 0.15) is 29.4 Å². The fourth-order valence-electron chi connectivity index (χ4n) is 4.55. The van der Waals surface area contributed by atoms with E-state index < -0.39 is 43.1 Å². The number of nitrogens with zero attached hydrogens (tertiary/aromatic N) is 3. The zero-order valence-electron chi connectivity index (χ0n) is 20.4. The van der Waals surface area contributed by atoms with Crippen LogP contribution in [-0.2, 0) is 4.79 Å². The Kier molecular flexibility index (Phi) is 6.80. The normalized spacial score (nSPS) is 22.0. The molecule has 1 saturated carbocycles. The number of rotatable bonds is 6. The van der Waals surface area contributed by atoms with Gasteiger partial charge < -0.3 is 30.4 Å². The fourth-order valence-corrected chi connectivity index (χ4v) is 4.55. The molecule has 0 radical (unpaired) electrons. The number of carbonyl (C=O) groups excluding carboxylic acids is 1. The lowest BCUT2D eigenvalue weighted by Gasteiger charge is -2.40. The lowest BCUT2D eigenvalue weighted by Crippen LogP contribution is -2.56. The molecule has 0 unspecified atom stereocenters. The van der Waals surface area contributed by atoms with Gasteiger partial charge in [0.05, 0.1) is 26.2 Å². The first-order valence-corrected chi connectivity index (χ1v) is 12.4. The number of ether oxygens (including phenoxy) is 1. The third kappa shape index (κ3) is 5.63. The zero-order chi connectivity index (χ0) is 27.0. The Morgan fingerprint density at radius 1 is 1.18 bits per heavy atom. The van der Waals surface area contributed by atoms with E-state index in [0.29, 0.717) is 18.2 Å². The summed E-state index contributed by atoms with van der Waals surface area (Å²) in [5.41, 5.74) is 6.90. The van der Waals surface area contributed by atoms with Crippen LogP contribution in [0.1, 0.15) is 29.8 Å². The number of H-pyrrole nitrogens is 1. The molecule has 2 aromatic heterocycles. The number of aromatic amines is 1. The number of likely N-dealkylation sites (tertiary alicyclic amines) is 1. The fraction of sp³-hybridized carbons (Fsp3) is 0.423. The van der Waals surface area contributed by atoms with Crippen molar-refractivity contribution in [1.82, 2.24) is 14.9 Å². The molecule has 1 aromatic carbocycles. The number of nitrogens with two attached hydrogens (primary N) is 1. The maximum atomic E-state index is 13.7. The minimum atomic E-state index is -2.78. The van der Waals surface area contributed by atoms with E-state index in [-0.39, 0.29) is 24.5 Å². The lowest BCUT2D eigenvalue weighted by atomic mass is 10.1. The lowest BCUT2D eigenvalue weighted by molar-refractivity contribution is -0.141. The van der Waals surface area contributed by atoms with Crippen molar-refractivity contribution in [2.24, 2.45) is 5.92 Å². The predicted octanol–water partition coefficient (Wildman–Crippen LogP) is 3.71. The SMILES string of the molecule is Nc1cc2ccccc2[nH]1.O=C(O)[C@@H]1C[C@H](F)CN1C(=O)c1ccc(N2CC(F)(F)C2)c(OCC2CC2)n1. The molecule has 0 bridgehead atoms. The molecule has 3 aromatic rings. The largest absolute Gasteiger partial charge is 0.480 e. The Bertz CT molecular complexity index is 1300. The molecule has 38 heavy (non-hydrogen) atoms. The number of amides is 1. The highest BCUT2D eigenvalue weighted by Crippen LogP contribution is 2.38. The van der Waals surface area contributed by atoms with Crippen LogP contribution in [0.25, 0.3) is 10.9 Å². The number of nitrogen functional groups attached to an aromatic ring is 1. The number of fused-ring (bicyclic) bond motifs is 1. The van der Waals surface area contributed by atoms with E-state index in [9.17, 15) is 27.9 Å². The summed E-state index contributed by atoms with van der Waals surface area (Å²) in [5, 5.41) is 10.4. The molecule has 4 heterocycles. The van der Waals surface area contributed by atoms with E-state index in [0.717, 1.165) is 29.1 Å². The molecule has 2 saturated heterocycles. The molecule has 202 valence electrons. The Balaban J connectivity index is 0.000000244. The molecule has 3 fully saturated rings. The monoisotopic (exact) mass is 531 g/mol. The minimum Gasteiger partial charge on any atom is -0.480 e. The summed E-state index contributed by atoms with van der Waals surface area (Å²) in [6, 6.07) is 11.5. The van der Waals surface area contributed by atoms with E-state index in [4.69, 9.17) is 10.5 Å². The number of hydrogen-bond acceptors (Lipinski definition) is 6. The number of carboxylic acids is 1. The summed E-state index contributed by atoms with van der Waals surface area (Å²) in [6.45, 7) is -0.872.